The topological polar surface area (TPSA) is 247 Å². The molecule has 0 spiro atoms. The van der Waals surface area contributed by atoms with E-state index in [2.05, 4.69) is 31.3 Å². The molecular weight excluding hydrogens is 749 g/mol. The number of hydrogen-bond acceptors (Lipinski definition) is 12. The molecule has 1 aromatic carbocycles. The Kier molecular flexibility index (Phi) is 15.2. The van der Waals surface area contributed by atoms with Gasteiger partial charge in [0.15, 0.2) is 5.78 Å². The second kappa shape index (κ2) is 20.3. The first-order valence-electron chi connectivity index (χ1n) is 20.1. The fourth-order valence-corrected chi connectivity index (χ4v) is 7.89. The number of carbonyl (C=O) groups excluding carboxylic acids is 6. The third kappa shape index (κ3) is 12.0. The molecule has 2 aliphatic rings. The Bertz CT molecular complexity index is 1880. The summed E-state index contributed by atoms with van der Waals surface area (Å²) in [4.78, 5) is 81.0. The zero-order valence-electron chi connectivity index (χ0n) is 33.5. The number of aliphatic hydroxyl groups is 1. The van der Waals surface area contributed by atoms with Gasteiger partial charge in [-0.1, -0.05) is 72.9 Å². The van der Waals surface area contributed by atoms with Crippen LogP contribution in [-0.2, 0) is 43.2 Å². The van der Waals surface area contributed by atoms with E-state index in [0.29, 0.717) is 25.0 Å². The van der Waals surface area contributed by atoms with Gasteiger partial charge < -0.3 is 31.1 Å². The van der Waals surface area contributed by atoms with E-state index in [-0.39, 0.29) is 68.7 Å². The Balaban J connectivity index is 1.30. The standard InChI is InChI=1S/C40H56N10O8/c1-40(2,57)34-22-43-46-50(34)29-21-32(37(54)44-30(35(52)36(41)53)16-10-11-19-42-39(56)58-25-27-14-8-5-9-15-27)49(23-29)38(55)28(20-26-12-6-4-7-13-26)17-18-33(51)31-24-48(3)47-45-31/h5,8-9,14-15,22,24,26,28-30,32,57H,4,6-7,10-13,16-21,23,25H2,1-3H3,(H2,41,53)(H,42,56)(H,44,54)/t28-,29+,30?,32+/m1/s1. The van der Waals surface area contributed by atoms with E-state index in [9.17, 15) is 33.9 Å². The molecule has 58 heavy (non-hydrogen) atoms. The number of carbonyl (C=O) groups is 6. The number of likely N-dealkylation sites (tertiary alicyclic amines) is 1. The molecule has 1 aliphatic carbocycles. The lowest BCUT2D eigenvalue weighted by atomic mass is 9.80. The lowest BCUT2D eigenvalue weighted by molar-refractivity contribution is -0.143. The average Bonchev–Trinajstić information content (AvgIpc) is 3.98. The zero-order valence-corrected chi connectivity index (χ0v) is 33.5. The van der Waals surface area contributed by atoms with Crippen LogP contribution in [0.5, 0.6) is 0 Å². The van der Waals surface area contributed by atoms with Gasteiger partial charge in [-0.25, -0.2) is 9.48 Å². The predicted octanol–water partition coefficient (Wildman–Crippen LogP) is 2.66. The van der Waals surface area contributed by atoms with E-state index in [1.807, 2.05) is 30.3 Å². The third-order valence-corrected chi connectivity index (χ3v) is 11.0. The van der Waals surface area contributed by atoms with Crippen molar-refractivity contribution in [2.45, 2.75) is 121 Å². The summed E-state index contributed by atoms with van der Waals surface area (Å²) in [6.45, 7) is 3.54. The van der Waals surface area contributed by atoms with Gasteiger partial charge in [-0.3, -0.25) is 28.7 Å². The fraction of sp³-hybridized carbons (Fsp3) is 0.600. The molecule has 5 N–H and O–H groups in total. The van der Waals surface area contributed by atoms with Crippen LogP contribution >= 0.6 is 0 Å². The fourth-order valence-electron chi connectivity index (χ4n) is 7.89. The maximum Gasteiger partial charge on any atom is 0.407 e. The highest BCUT2D eigenvalue weighted by Crippen LogP contribution is 2.36. The summed E-state index contributed by atoms with van der Waals surface area (Å²) in [5.41, 5.74) is 5.50. The van der Waals surface area contributed by atoms with Crippen molar-refractivity contribution in [1.82, 2.24) is 45.5 Å². The van der Waals surface area contributed by atoms with Crippen molar-refractivity contribution in [3.63, 3.8) is 0 Å². The Morgan fingerprint density at radius 3 is 2.43 bits per heavy atom. The van der Waals surface area contributed by atoms with Gasteiger partial charge in [-0.15, -0.1) is 10.2 Å². The first-order valence-corrected chi connectivity index (χ1v) is 20.1. The van der Waals surface area contributed by atoms with Crippen LogP contribution in [0.2, 0.25) is 0 Å². The molecule has 314 valence electrons. The van der Waals surface area contributed by atoms with Gasteiger partial charge in [0.25, 0.3) is 5.91 Å². The van der Waals surface area contributed by atoms with E-state index < -0.39 is 53.3 Å². The Morgan fingerprint density at radius 2 is 1.76 bits per heavy atom. The van der Waals surface area contributed by atoms with Gasteiger partial charge in [0, 0.05) is 38.9 Å². The van der Waals surface area contributed by atoms with Crippen LogP contribution in [0.3, 0.4) is 0 Å². The summed E-state index contributed by atoms with van der Waals surface area (Å²) < 4.78 is 8.19. The van der Waals surface area contributed by atoms with Crippen molar-refractivity contribution in [1.29, 1.82) is 0 Å². The maximum atomic E-state index is 14.8. The molecular formula is C40H56N10O8. The minimum atomic E-state index is -1.34. The Hall–Kier alpha value is -5.52. The summed E-state index contributed by atoms with van der Waals surface area (Å²) in [5.74, 6) is -3.75. The number of unbranched alkanes of at least 4 members (excludes halogenated alkanes) is 1. The monoisotopic (exact) mass is 804 g/mol. The molecule has 2 aromatic heterocycles. The molecule has 1 unspecified atom stereocenters. The van der Waals surface area contributed by atoms with Crippen molar-refractivity contribution >= 4 is 35.4 Å². The molecule has 1 saturated carbocycles. The molecule has 18 heteroatoms. The second-order valence-electron chi connectivity index (χ2n) is 16.0. The number of aryl methyl sites for hydroxylation is 1. The van der Waals surface area contributed by atoms with E-state index in [1.54, 1.807) is 20.9 Å². The molecule has 4 amide bonds. The number of nitrogens with zero attached hydrogens (tertiary/aromatic N) is 7. The smallest absolute Gasteiger partial charge is 0.407 e. The number of primary amides is 1. The lowest BCUT2D eigenvalue weighted by Gasteiger charge is -2.32. The average molecular weight is 805 g/mol. The number of hydrogen-bond donors (Lipinski definition) is 4. The number of rotatable bonds is 20. The molecule has 1 aliphatic heterocycles. The molecule has 4 atom stereocenters. The molecule has 0 bridgehead atoms. The van der Waals surface area contributed by atoms with Crippen LogP contribution in [0.4, 0.5) is 4.79 Å². The van der Waals surface area contributed by atoms with E-state index >= 15 is 0 Å². The van der Waals surface area contributed by atoms with Crippen molar-refractivity contribution in [3.8, 4) is 0 Å². The number of ether oxygens (including phenoxy) is 1. The van der Waals surface area contributed by atoms with Crippen LogP contribution in [0, 0.1) is 11.8 Å². The van der Waals surface area contributed by atoms with Gasteiger partial charge in [0.2, 0.25) is 17.6 Å². The quantitative estimate of drug-likeness (QED) is 0.0732. The number of ketones is 2. The second-order valence-corrected chi connectivity index (χ2v) is 16.0. The molecule has 3 aromatic rings. The number of nitrogens with two attached hydrogens (primary N) is 1. The Labute approximate surface area is 337 Å². The molecule has 3 heterocycles. The van der Waals surface area contributed by atoms with Crippen LogP contribution in [0.25, 0.3) is 0 Å². The van der Waals surface area contributed by atoms with Crippen molar-refractivity contribution < 1.29 is 38.6 Å². The number of amides is 4. The largest absolute Gasteiger partial charge is 0.445 e. The lowest BCUT2D eigenvalue weighted by Crippen LogP contribution is -2.53. The summed E-state index contributed by atoms with van der Waals surface area (Å²) in [6, 6.07) is 6.26. The van der Waals surface area contributed by atoms with Crippen molar-refractivity contribution in [3.05, 3.63) is 59.7 Å². The maximum absolute atomic E-state index is 14.8. The third-order valence-electron chi connectivity index (χ3n) is 11.0. The highest BCUT2D eigenvalue weighted by atomic mass is 16.5. The highest BCUT2D eigenvalue weighted by Gasteiger charge is 2.45. The number of alkyl carbamates (subject to hydrolysis) is 1. The number of aromatic nitrogens is 6. The van der Waals surface area contributed by atoms with E-state index in [0.717, 1.165) is 37.7 Å². The summed E-state index contributed by atoms with van der Waals surface area (Å²) in [7, 11) is 1.66. The molecule has 18 nitrogen and oxygen atoms in total. The van der Waals surface area contributed by atoms with Gasteiger partial charge in [0.05, 0.1) is 30.2 Å². The number of benzene rings is 1. The van der Waals surface area contributed by atoms with Crippen LogP contribution in [-0.4, -0.2) is 101 Å². The van der Waals surface area contributed by atoms with E-state index in [1.165, 1.54) is 26.7 Å². The van der Waals surface area contributed by atoms with Gasteiger partial charge in [0.1, 0.15) is 23.9 Å². The SMILES string of the molecule is Cn1cc(C(=O)CC[C@H](CC2CCCCC2)C(=O)N2C[C@@H](n3nncc3C(C)(C)O)C[C@H]2C(=O)NC(CCCCNC(=O)OCc2ccccc2)C(=O)C(N)=O)nn1. The number of nitrogens with one attached hydrogen (secondary N) is 2. The minimum absolute atomic E-state index is 0.0407. The van der Waals surface area contributed by atoms with Crippen LogP contribution in [0.1, 0.15) is 119 Å². The van der Waals surface area contributed by atoms with Gasteiger partial charge in [-0.2, -0.15) is 0 Å². The van der Waals surface area contributed by atoms with E-state index in [4.69, 9.17) is 10.5 Å². The summed E-state index contributed by atoms with van der Waals surface area (Å²) in [5, 5.41) is 32.3. The Morgan fingerprint density at radius 1 is 1.02 bits per heavy atom. The van der Waals surface area contributed by atoms with Crippen molar-refractivity contribution in [2.75, 3.05) is 13.1 Å². The minimum Gasteiger partial charge on any atom is -0.445 e. The first-order chi connectivity index (χ1) is 27.7. The first kappa shape index (κ1) is 43.6. The molecule has 2 fully saturated rings. The zero-order chi connectivity index (χ0) is 41.8. The van der Waals surface area contributed by atoms with Gasteiger partial charge >= 0.3 is 6.09 Å². The molecule has 1 saturated heterocycles. The predicted molar refractivity (Wildman–Crippen MR) is 208 cm³/mol. The van der Waals surface area contributed by atoms with Gasteiger partial charge in [-0.05, 0) is 57.4 Å². The number of Topliss-reactive ketones (excluding diaryl/α,β-unsaturated/α-hetero) is 2. The van der Waals surface area contributed by atoms with Crippen LogP contribution < -0.4 is 16.4 Å². The summed E-state index contributed by atoms with van der Waals surface area (Å²) >= 11 is 0. The molecule has 0 radical (unpaired) electrons. The summed E-state index contributed by atoms with van der Waals surface area (Å²) in [6.07, 6.45) is 9.18. The molecule has 5 rings (SSSR count). The van der Waals surface area contributed by atoms with Crippen LogP contribution in [0.15, 0.2) is 42.7 Å². The highest BCUT2D eigenvalue weighted by molar-refractivity contribution is 6.37. The normalized spacial score (nSPS) is 18.3. The van der Waals surface area contributed by atoms with Crippen molar-refractivity contribution in [2.24, 2.45) is 24.6 Å².